The van der Waals surface area contributed by atoms with Gasteiger partial charge in [0, 0.05) is 16.0 Å². The Morgan fingerprint density at radius 2 is 1.32 bits per heavy atom. The molecule has 0 fully saturated rings. The largest absolute Gasteiger partial charge is 0.306 e. The van der Waals surface area contributed by atoms with Crippen molar-refractivity contribution in [2.24, 2.45) is 5.41 Å². The molecule has 0 saturated carbocycles. The molecule has 0 heterocycles. The van der Waals surface area contributed by atoms with Crippen LogP contribution in [0.25, 0.3) is 0 Å². The molecule has 0 aliphatic heterocycles. The third-order valence-corrected chi connectivity index (χ3v) is 7.21. The quantitative estimate of drug-likeness (QED) is 0.743. The average molecular weight is 314 g/mol. The third kappa shape index (κ3) is 3.08. The van der Waals surface area contributed by atoms with Crippen LogP contribution in [0.1, 0.15) is 33.6 Å². The topological polar surface area (TPSA) is 34.1 Å². The summed E-state index contributed by atoms with van der Waals surface area (Å²) >= 11 is 0. The molecule has 2 rings (SSSR count). The van der Waals surface area contributed by atoms with Crippen LogP contribution in [0.5, 0.6) is 0 Å². The highest BCUT2D eigenvalue weighted by Gasteiger charge is 2.43. The summed E-state index contributed by atoms with van der Waals surface area (Å²) in [6.45, 7) is 5.85. The van der Waals surface area contributed by atoms with Crippen LogP contribution in [0.15, 0.2) is 60.7 Å². The molecule has 0 aromatic heterocycles. The number of carbonyl (C=O) groups excluding carboxylic acids is 1. The van der Waals surface area contributed by atoms with Gasteiger partial charge in [0.2, 0.25) is 12.7 Å². The molecule has 0 amide bonds. The molecule has 0 spiro atoms. The molecule has 22 heavy (non-hydrogen) atoms. The van der Waals surface area contributed by atoms with Gasteiger partial charge in [0.25, 0.3) is 0 Å². The maximum atomic E-state index is 13.9. The lowest BCUT2D eigenvalue weighted by atomic mass is 9.90. The van der Waals surface area contributed by atoms with E-state index in [4.69, 9.17) is 0 Å². The van der Waals surface area contributed by atoms with Gasteiger partial charge in [0.15, 0.2) is 0 Å². The molecule has 2 nitrogen and oxygen atoms in total. The van der Waals surface area contributed by atoms with E-state index in [2.05, 4.69) is 0 Å². The van der Waals surface area contributed by atoms with Crippen LogP contribution >= 0.6 is 7.14 Å². The summed E-state index contributed by atoms with van der Waals surface area (Å²) in [6, 6.07) is 18.3. The van der Waals surface area contributed by atoms with Crippen LogP contribution in [0.2, 0.25) is 0 Å². The smallest absolute Gasteiger partial charge is 0.205 e. The third-order valence-electron chi connectivity index (χ3n) is 3.98. The van der Waals surface area contributed by atoms with E-state index in [0.29, 0.717) is 10.6 Å². The van der Waals surface area contributed by atoms with Crippen LogP contribution < -0.4 is 10.6 Å². The summed E-state index contributed by atoms with van der Waals surface area (Å²) in [6.07, 6.45) is 1.62. The molecule has 0 bridgehead atoms. The fraction of sp³-hybridized carbons (Fsp3) is 0.316. The average Bonchev–Trinajstić information content (AvgIpc) is 2.55. The molecule has 0 radical (unpaired) electrons. The Bertz CT molecular complexity index is 632. The number of benzene rings is 2. The minimum Gasteiger partial charge on any atom is -0.306 e. The minimum absolute atomic E-state index is 0.153. The van der Waals surface area contributed by atoms with Gasteiger partial charge in [-0.15, -0.1) is 0 Å². The number of hydrogen-bond donors (Lipinski definition) is 0. The zero-order valence-electron chi connectivity index (χ0n) is 13.5. The Balaban J connectivity index is 2.63. The number of carbonyl (C=O) groups is 1. The molecule has 0 N–H and O–H groups in total. The SMILES string of the molecule is CCCC(C)(C)C(=O)P(=O)(c1ccccc1)c1ccccc1. The summed E-state index contributed by atoms with van der Waals surface area (Å²) in [4.78, 5) is 13.2. The molecule has 116 valence electrons. The molecular weight excluding hydrogens is 291 g/mol. The van der Waals surface area contributed by atoms with Crippen LogP contribution in [0, 0.1) is 5.41 Å². The van der Waals surface area contributed by atoms with E-state index in [9.17, 15) is 9.36 Å². The Kier molecular flexibility index (Phi) is 5.03. The van der Waals surface area contributed by atoms with E-state index in [1.54, 1.807) is 24.3 Å². The molecule has 0 saturated heterocycles. The molecule has 0 aliphatic rings. The summed E-state index contributed by atoms with van der Waals surface area (Å²) in [5.74, 6) is 0. The molecule has 2 aromatic rings. The second-order valence-corrected chi connectivity index (χ2v) is 8.88. The van der Waals surface area contributed by atoms with E-state index in [0.717, 1.165) is 12.8 Å². The van der Waals surface area contributed by atoms with Crippen LogP contribution in [0.4, 0.5) is 0 Å². The normalized spacial score (nSPS) is 12.1. The van der Waals surface area contributed by atoms with Gasteiger partial charge in [-0.3, -0.25) is 4.79 Å². The predicted octanol–water partition coefficient (Wildman–Crippen LogP) is 4.35. The first kappa shape index (κ1) is 16.7. The van der Waals surface area contributed by atoms with Crippen molar-refractivity contribution in [1.82, 2.24) is 0 Å². The maximum absolute atomic E-state index is 13.9. The second-order valence-electron chi connectivity index (χ2n) is 6.22. The van der Waals surface area contributed by atoms with Crippen molar-refractivity contribution >= 4 is 23.3 Å². The molecule has 0 atom stereocenters. The van der Waals surface area contributed by atoms with E-state index in [1.807, 2.05) is 57.2 Å². The lowest BCUT2D eigenvalue weighted by Gasteiger charge is -2.28. The van der Waals surface area contributed by atoms with Crippen LogP contribution in [0.3, 0.4) is 0 Å². The Hall–Kier alpha value is -1.66. The molecule has 3 heteroatoms. The minimum atomic E-state index is -3.31. The highest BCUT2D eigenvalue weighted by atomic mass is 31.2. The van der Waals surface area contributed by atoms with Gasteiger partial charge in [-0.2, -0.15) is 0 Å². The summed E-state index contributed by atoms with van der Waals surface area (Å²) < 4.78 is 13.9. The van der Waals surface area contributed by atoms with Gasteiger partial charge < -0.3 is 4.57 Å². The van der Waals surface area contributed by atoms with Crippen molar-refractivity contribution in [3.05, 3.63) is 60.7 Å². The maximum Gasteiger partial charge on any atom is 0.205 e. The molecule has 0 unspecified atom stereocenters. The van der Waals surface area contributed by atoms with Crippen molar-refractivity contribution in [2.75, 3.05) is 0 Å². The Morgan fingerprint density at radius 1 is 0.909 bits per heavy atom. The van der Waals surface area contributed by atoms with Crippen molar-refractivity contribution in [2.45, 2.75) is 33.6 Å². The van der Waals surface area contributed by atoms with Gasteiger partial charge in [-0.05, 0) is 6.42 Å². The zero-order chi connectivity index (χ0) is 16.2. The van der Waals surface area contributed by atoms with Gasteiger partial charge in [0.1, 0.15) is 0 Å². The second kappa shape index (κ2) is 6.62. The summed E-state index contributed by atoms with van der Waals surface area (Å²) in [5, 5.41) is 1.24. The number of rotatable bonds is 6. The van der Waals surface area contributed by atoms with Gasteiger partial charge >= 0.3 is 0 Å². The van der Waals surface area contributed by atoms with Crippen molar-refractivity contribution in [3.8, 4) is 0 Å². The first-order chi connectivity index (χ1) is 10.4. The highest BCUT2D eigenvalue weighted by Crippen LogP contribution is 2.51. The first-order valence-electron chi connectivity index (χ1n) is 7.69. The van der Waals surface area contributed by atoms with Crippen molar-refractivity contribution < 1.29 is 9.36 Å². The molecular formula is C19H23O2P. The lowest BCUT2D eigenvalue weighted by Crippen LogP contribution is -2.32. The standard InChI is InChI=1S/C19H23O2P/c1-4-15-19(2,3)18(20)22(21,16-11-7-5-8-12-16)17-13-9-6-10-14-17/h5-14H,4,15H2,1-3H3. The Labute approximate surface area is 132 Å². The fourth-order valence-electron chi connectivity index (χ4n) is 2.82. The zero-order valence-corrected chi connectivity index (χ0v) is 14.3. The fourth-order valence-corrected chi connectivity index (χ4v) is 5.73. The van der Waals surface area contributed by atoms with E-state index >= 15 is 0 Å². The van der Waals surface area contributed by atoms with Crippen LogP contribution in [-0.4, -0.2) is 5.52 Å². The summed E-state index contributed by atoms with van der Waals surface area (Å²) in [7, 11) is -3.31. The van der Waals surface area contributed by atoms with Crippen LogP contribution in [-0.2, 0) is 9.36 Å². The predicted molar refractivity (Wildman–Crippen MR) is 93.5 cm³/mol. The van der Waals surface area contributed by atoms with Crippen molar-refractivity contribution in [3.63, 3.8) is 0 Å². The van der Waals surface area contributed by atoms with Gasteiger partial charge in [-0.25, -0.2) is 0 Å². The summed E-state index contributed by atoms with van der Waals surface area (Å²) in [5.41, 5.74) is -0.755. The first-order valence-corrected chi connectivity index (χ1v) is 9.40. The lowest BCUT2D eigenvalue weighted by molar-refractivity contribution is -0.119. The highest BCUT2D eigenvalue weighted by molar-refractivity contribution is 7.93. The van der Waals surface area contributed by atoms with Gasteiger partial charge in [-0.1, -0.05) is 87.9 Å². The Morgan fingerprint density at radius 3 is 1.68 bits per heavy atom. The van der Waals surface area contributed by atoms with E-state index < -0.39 is 12.6 Å². The molecule has 0 aliphatic carbocycles. The van der Waals surface area contributed by atoms with E-state index in [1.165, 1.54) is 0 Å². The van der Waals surface area contributed by atoms with Gasteiger partial charge in [0.05, 0.1) is 0 Å². The number of hydrogen-bond acceptors (Lipinski definition) is 2. The van der Waals surface area contributed by atoms with Crippen molar-refractivity contribution in [1.29, 1.82) is 0 Å². The monoisotopic (exact) mass is 314 g/mol. The molecule has 2 aromatic carbocycles. The van der Waals surface area contributed by atoms with E-state index in [-0.39, 0.29) is 5.52 Å².